The van der Waals surface area contributed by atoms with Crippen molar-refractivity contribution in [3.05, 3.63) is 23.5 Å². The molecule has 2 unspecified atom stereocenters. The quantitative estimate of drug-likeness (QED) is 0.817. The molecule has 0 amide bonds. The predicted octanol–water partition coefficient (Wildman–Crippen LogP) is 3.00. The van der Waals surface area contributed by atoms with Crippen LogP contribution in [-0.4, -0.2) is 29.3 Å². The van der Waals surface area contributed by atoms with Gasteiger partial charge in [-0.1, -0.05) is 13.0 Å². The molecule has 2 saturated carbocycles. The van der Waals surface area contributed by atoms with Gasteiger partial charge in [0.25, 0.3) is 0 Å². The molecule has 116 valence electrons. The molecule has 0 spiro atoms. The molecule has 3 aliphatic rings. The fourth-order valence-electron chi connectivity index (χ4n) is 3.92. The number of carbonyl (C=O) groups is 1. The van der Waals surface area contributed by atoms with Crippen LogP contribution < -0.4 is 5.32 Å². The Balaban J connectivity index is 1.89. The predicted molar refractivity (Wildman–Crippen MR) is 80.9 cm³/mol. The maximum absolute atomic E-state index is 11.9. The highest BCUT2D eigenvalue weighted by molar-refractivity contribution is 5.79. The average molecular weight is 291 g/mol. The second-order valence-corrected chi connectivity index (χ2v) is 6.93. The number of hydrogen-bond donors (Lipinski definition) is 2. The summed E-state index contributed by atoms with van der Waals surface area (Å²) in [6.07, 6.45) is 9.43. The molecule has 0 aromatic rings. The van der Waals surface area contributed by atoms with Crippen LogP contribution in [0.2, 0.25) is 0 Å². The Labute approximate surface area is 126 Å². The van der Waals surface area contributed by atoms with Gasteiger partial charge in [-0.05, 0) is 62.5 Å². The summed E-state index contributed by atoms with van der Waals surface area (Å²) in [6, 6.07) is 0.403. The van der Waals surface area contributed by atoms with Crippen LogP contribution in [0.1, 0.15) is 52.4 Å². The number of carboxylic acids is 1. The highest BCUT2D eigenvalue weighted by Crippen LogP contribution is 2.51. The van der Waals surface area contributed by atoms with Crippen molar-refractivity contribution in [3.63, 3.8) is 0 Å². The van der Waals surface area contributed by atoms with Gasteiger partial charge in [0.2, 0.25) is 0 Å². The monoisotopic (exact) mass is 291 g/mol. The molecule has 2 N–H and O–H groups in total. The lowest BCUT2D eigenvalue weighted by atomic mass is 9.61. The number of ether oxygens (including phenoxy) is 1. The molecule has 4 heteroatoms. The molecule has 0 aliphatic heterocycles. The number of hydrogen-bond acceptors (Lipinski definition) is 3. The van der Waals surface area contributed by atoms with Gasteiger partial charge in [-0.15, -0.1) is 0 Å². The van der Waals surface area contributed by atoms with E-state index in [0.717, 1.165) is 31.4 Å². The van der Waals surface area contributed by atoms with E-state index in [0.29, 0.717) is 25.5 Å². The Bertz CT molecular complexity index is 506. The van der Waals surface area contributed by atoms with Crippen molar-refractivity contribution in [1.82, 2.24) is 5.32 Å². The Kier molecular flexibility index (Phi) is 3.60. The van der Waals surface area contributed by atoms with E-state index in [1.165, 1.54) is 5.57 Å². The zero-order chi connectivity index (χ0) is 15.1. The third-order valence-electron chi connectivity index (χ3n) is 5.12. The van der Waals surface area contributed by atoms with Crippen molar-refractivity contribution < 1.29 is 14.6 Å². The molecule has 21 heavy (non-hydrogen) atoms. The van der Waals surface area contributed by atoms with Crippen molar-refractivity contribution in [2.45, 2.75) is 64.0 Å². The van der Waals surface area contributed by atoms with Crippen LogP contribution in [0.5, 0.6) is 0 Å². The Morgan fingerprint density at radius 1 is 1.52 bits per heavy atom. The van der Waals surface area contributed by atoms with E-state index in [1.807, 2.05) is 6.92 Å². The van der Waals surface area contributed by atoms with Gasteiger partial charge in [-0.3, -0.25) is 10.1 Å². The summed E-state index contributed by atoms with van der Waals surface area (Å²) < 4.78 is 5.76. The molecular formula is C17H25NO3. The Morgan fingerprint density at radius 3 is 2.90 bits per heavy atom. The van der Waals surface area contributed by atoms with Crippen LogP contribution in [0, 0.1) is 5.41 Å². The van der Waals surface area contributed by atoms with Crippen LogP contribution >= 0.6 is 0 Å². The molecule has 2 fully saturated rings. The number of allylic oxidation sites excluding steroid dienone is 3. The Hall–Kier alpha value is -1.29. The molecular weight excluding hydrogens is 266 g/mol. The minimum Gasteiger partial charge on any atom is -0.494 e. The van der Waals surface area contributed by atoms with E-state index in [9.17, 15) is 9.90 Å². The number of rotatable bonds is 5. The van der Waals surface area contributed by atoms with E-state index in [1.54, 1.807) is 0 Å². The first-order valence-electron chi connectivity index (χ1n) is 8.03. The molecule has 0 saturated heterocycles. The number of fused-ring (bicyclic) bond motifs is 1. The second kappa shape index (κ2) is 5.16. The molecule has 0 bridgehead atoms. The van der Waals surface area contributed by atoms with E-state index in [-0.39, 0.29) is 5.41 Å². The van der Waals surface area contributed by atoms with Crippen LogP contribution in [0.15, 0.2) is 23.5 Å². The van der Waals surface area contributed by atoms with Crippen LogP contribution in [-0.2, 0) is 9.53 Å². The van der Waals surface area contributed by atoms with Gasteiger partial charge in [0, 0.05) is 6.04 Å². The van der Waals surface area contributed by atoms with Gasteiger partial charge in [0.05, 0.1) is 6.61 Å². The molecule has 2 atom stereocenters. The van der Waals surface area contributed by atoms with Crippen LogP contribution in [0.4, 0.5) is 0 Å². The van der Waals surface area contributed by atoms with E-state index in [2.05, 4.69) is 24.4 Å². The molecule has 3 aliphatic carbocycles. The second-order valence-electron chi connectivity index (χ2n) is 6.93. The van der Waals surface area contributed by atoms with Crippen molar-refractivity contribution in [1.29, 1.82) is 0 Å². The van der Waals surface area contributed by atoms with Gasteiger partial charge in [-0.25, -0.2) is 0 Å². The highest BCUT2D eigenvalue weighted by Gasteiger charge is 2.52. The van der Waals surface area contributed by atoms with Crippen LogP contribution in [0.3, 0.4) is 0 Å². The fraction of sp³-hybridized carbons (Fsp3) is 0.706. The van der Waals surface area contributed by atoms with Crippen molar-refractivity contribution in [2.75, 3.05) is 6.61 Å². The normalized spacial score (nSPS) is 35.5. The summed E-state index contributed by atoms with van der Waals surface area (Å²) >= 11 is 0. The molecule has 0 heterocycles. The summed E-state index contributed by atoms with van der Waals surface area (Å²) in [4.78, 5) is 11.9. The van der Waals surface area contributed by atoms with E-state index < -0.39 is 11.5 Å². The van der Waals surface area contributed by atoms with E-state index in [4.69, 9.17) is 4.74 Å². The van der Waals surface area contributed by atoms with Crippen LogP contribution in [0.25, 0.3) is 0 Å². The topological polar surface area (TPSA) is 58.6 Å². The van der Waals surface area contributed by atoms with Gasteiger partial charge in [0.1, 0.15) is 11.3 Å². The maximum atomic E-state index is 11.9. The largest absolute Gasteiger partial charge is 0.494 e. The third-order valence-corrected chi connectivity index (χ3v) is 5.12. The van der Waals surface area contributed by atoms with Crippen molar-refractivity contribution in [2.24, 2.45) is 5.41 Å². The van der Waals surface area contributed by atoms with Crippen molar-refractivity contribution >= 4 is 5.97 Å². The lowest BCUT2D eigenvalue weighted by Crippen LogP contribution is -2.58. The smallest absolute Gasteiger partial charge is 0.323 e. The first-order valence-corrected chi connectivity index (χ1v) is 8.03. The summed E-state index contributed by atoms with van der Waals surface area (Å²) in [5.74, 6) is 0.277. The van der Waals surface area contributed by atoms with Gasteiger partial charge in [-0.2, -0.15) is 0 Å². The van der Waals surface area contributed by atoms with Gasteiger partial charge < -0.3 is 9.84 Å². The zero-order valence-corrected chi connectivity index (χ0v) is 12.9. The van der Waals surface area contributed by atoms with E-state index >= 15 is 0 Å². The minimum atomic E-state index is -0.762. The molecule has 3 rings (SSSR count). The average Bonchev–Trinajstić information content (AvgIpc) is 3.21. The molecule has 4 nitrogen and oxygen atoms in total. The van der Waals surface area contributed by atoms with Crippen molar-refractivity contribution in [3.8, 4) is 0 Å². The molecule has 0 aromatic carbocycles. The number of nitrogens with one attached hydrogen (secondary N) is 1. The standard InChI is InChI=1S/C17H25NO3/c1-3-21-14-5-4-9-16(2)11-17(15(19)20,10-8-13(14)16)18-12-6-7-12/h4-5,12,18H,3,6-11H2,1-2H3,(H,19,20). The summed E-state index contributed by atoms with van der Waals surface area (Å²) in [7, 11) is 0. The maximum Gasteiger partial charge on any atom is 0.323 e. The number of aliphatic carboxylic acids is 1. The summed E-state index contributed by atoms with van der Waals surface area (Å²) in [5, 5.41) is 13.2. The first kappa shape index (κ1) is 14.6. The van der Waals surface area contributed by atoms with Gasteiger partial charge in [0.15, 0.2) is 0 Å². The lowest BCUT2D eigenvalue weighted by Gasteiger charge is -2.47. The summed E-state index contributed by atoms with van der Waals surface area (Å²) in [5.41, 5.74) is 0.445. The third kappa shape index (κ3) is 2.61. The SMILES string of the molecule is CCOC1=C2CCC(NC3CC3)(C(=O)O)CC2(C)CC=C1. The molecule has 0 aromatic heterocycles. The highest BCUT2D eigenvalue weighted by atomic mass is 16.5. The summed E-state index contributed by atoms with van der Waals surface area (Å²) in [6.45, 7) is 4.84. The first-order chi connectivity index (χ1) is 9.99. The minimum absolute atomic E-state index is 0.0994. The Morgan fingerprint density at radius 2 is 2.29 bits per heavy atom. The lowest BCUT2D eigenvalue weighted by molar-refractivity contribution is -0.147. The molecule has 0 radical (unpaired) electrons. The van der Waals surface area contributed by atoms with Gasteiger partial charge >= 0.3 is 5.97 Å². The zero-order valence-electron chi connectivity index (χ0n) is 12.9. The number of carboxylic acid groups (broad SMARTS) is 1. The fourth-order valence-corrected chi connectivity index (χ4v) is 3.92.